The summed E-state index contributed by atoms with van der Waals surface area (Å²) in [5, 5.41) is 12.0. The molecule has 2 aromatic carbocycles. The Kier molecular flexibility index (Phi) is 2.75. The maximum Gasteiger partial charge on any atom is 0.242 e. The molecule has 1 saturated carbocycles. The fraction of sp³-hybridized carbons (Fsp3) is 0.176. The van der Waals surface area contributed by atoms with Crippen LogP contribution in [-0.2, 0) is 0 Å². The van der Waals surface area contributed by atoms with E-state index in [1.165, 1.54) is 0 Å². The van der Waals surface area contributed by atoms with Crippen LogP contribution in [0.5, 0.6) is 0 Å². The zero-order valence-electron chi connectivity index (χ0n) is 11.7. The highest BCUT2D eigenvalue weighted by molar-refractivity contribution is 6.33. The molecule has 0 saturated heterocycles. The van der Waals surface area contributed by atoms with Gasteiger partial charge in [-0.05, 0) is 17.7 Å². The summed E-state index contributed by atoms with van der Waals surface area (Å²) < 4.78 is 0. The molecule has 6 heteroatoms. The SMILES string of the molecule is O=C1c2ccccc2C(=O)C12[C@@H]([N+](=O)[O-])[C@@H]2c1ccc(Cl)cc1. The molecule has 5 nitrogen and oxygen atoms in total. The van der Waals surface area contributed by atoms with Gasteiger partial charge >= 0.3 is 0 Å². The van der Waals surface area contributed by atoms with E-state index in [1.54, 1.807) is 48.5 Å². The fourth-order valence-corrected chi connectivity index (χ4v) is 3.88. The summed E-state index contributed by atoms with van der Waals surface area (Å²) in [7, 11) is 0. The van der Waals surface area contributed by atoms with Crippen LogP contribution in [0.2, 0.25) is 5.02 Å². The van der Waals surface area contributed by atoms with Crippen LogP contribution < -0.4 is 0 Å². The van der Waals surface area contributed by atoms with Crippen LogP contribution in [0.25, 0.3) is 0 Å². The minimum Gasteiger partial charge on any atom is -0.293 e. The third kappa shape index (κ3) is 1.63. The summed E-state index contributed by atoms with van der Waals surface area (Å²) in [6.07, 6.45) is 0. The molecule has 23 heavy (non-hydrogen) atoms. The first kappa shape index (κ1) is 14.1. The molecule has 0 N–H and O–H groups in total. The highest BCUT2D eigenvalue weighted by Gasteiger charge is 2.84. The summed E-state index contributed by atoms with van der Waals surface area (Å²) in [5.74, 6) is -1.64. The fourth-order valence-electron chi connectivity index (χ4n) is 3.75. The zero-order valence-corrected chi connectivity index (χ0v) is 12.5. The number of benzene rings is 2. The van der Waals surface area contributed by atoms with Gasteiger partial charge in [0.15, 0.2) is 17.0 Å². The van der Waals surface area contributed by atoms with Gasteiger partial charge in [0.05, 0.1) is 5.92 Å². The number of hydrogen-bond acceptors (Lipinski definition) is 4. The molecule has 0 unspecified atom stereocenters. The molecule has 0 radical (unpaired) electrons. The number of carbonyl (C=O) groups is 2. The number of fused-ring (bicyclic) bond motifs is 1. The number of nitro groups is 1. The van der Waals surface area contributed by atoms with Gasteiger partial charge in [-0.25, -0.2) is 0 Å². The summed E-state index contributed by atoms with van der Waals surface area (Å²) in [6, 6.07) is 11.7. The second-order valence-electron chi connectivity index (χ2n) is 5.83. The van der Waals surface area contributed by atoms with E-state index in [-0.39, 0.29) is 11.1 Å². The molecular weight excluding hydrogens is 318 g/mol. The van der Waals surface area contributed by atoms with E-state index in [9.17, 15) is 19.7 Å². The molecule has 2 aliphatic carbocycles. The summed E-state index contributed by atoms with van der Waals surface area (Å²) >= 11 is 5.85. The van der Waals surface area contributed by atoms with Crippen molar-refractivity contribution in [3.63, 3.8) is 0 Å². The van der Waals surface area contributed by atoms with E-state index < -0.39 is 33.9 Å². The number of nitrogens with zero attached hydrogens (tertiary/aromatic N) is 1. The molecular formula is C17H10ClNO4. The van der Waals surface area contributed by atoms with Crippen molar-refractivity contribution in [1.82, 2.24) is 0 Å². The molecule has 114 valence electrons. The molecule has 1 spiro atoms. The first-order valence-corrected chi connectivity index (χ1v) is 7.45. The van der Waals surface area contributed by atoms with E-state index in [0.29, 0.717) is 10.6 Å². The average Bonchev–Trinajstić information content (AvgIpc) is 3.20. The predicted molar refractivity (Wildman–Crippen MR) is 82.5 cm³/mol. The number of ketones is 2. The first-order valence-electron chi connectivity index (χ1n) is 7.07. The second kappa shape index (κ2) is 4.49. The van der Waals surface area contributed by atoms with Gasteiger partial charge in [-0.3, -0.25) is 19.7 Å². The van der Waals surface area contributed by atoms with E-state index >= 15 is 0 Å². The third-order valence-corrected chi connectivity index (χ3v) is 5.04. The van der Waals surface area contributed by atoms with Crippen molar-refractivity contribution in [3.05, 3.63) is 80.4 Å². The van der Waals surface area contributed by atoms with Crippen molar-refractivity contribution in [1.29, 1.82) is 0 Å². The molecule has 0 heterocycles. The molecule has 2 atom stereocenters. The Morgan fingerprint density at radius 2 is 1.48 bits per heavy atom. The number of carbonyl (C=O) groups excluding carboxylic acids is 2. The molecule has 1 fully saturated rings. The van der Waals surface area contributed by atoms with Crippen molar-refractivity contribution in [3.8, 4) is 0 Å². The Hall–Kier alpha value is -2.53. The lowest BCUT2D eigenvalue weighted by Gasteiger charge is -2.03. The average molecular weight is 328 g/mol. The highest BCUT2D eigenvalue weighted by Crippen LogP contribution is 2.66. The summed E-state index contributed by atoms with van der Waals surface area (Å²) in [6.45, 7) is 0. The van der Waals surface area contributed by atoms with Gasteiger partial charge in [0.2, 0.25) is 6.04 Å². The van der Waals surface area contributed by atoms with E-state index in [0.717, 1.165) is 0 Å². The molecule has 2 aromatic rings. The molecule has 2 aliphatic rings. The Morgan fingerprint density at radius 3 is 1.96 bits per heavy atom. The van der Waals surface area contributed by atoms with Gasteiger partial charge in [0.25, 0.3) is 0 Å². The first-order chi connectivity index (χ1) is 11.0. The van der Waals surface area contributed by atoms with Gasteiger partial charge in [-0.2, -0.15) is 0 Å². The summed E-state index contributed by atoms with van der Waals surface area (Å²) in [4.78, 5) is 36.6. The maximum atomic E-state index is 12.8. The van der Waals surface area contributed by atoms with Gasteiger partial charge < -0.3 is 0 Å². The maximum absolute atomic E-state index is 12.8. The largest absolute Gasteiger partial charge is 0.293 e. The third-order valence-electron chi connectivity index (χ3n) is 4.79. The Balaban J connectivity index is 1.87. The van der Waals surface area contributed by atoms with Gasteiger partial charge in [0, 0.05) is 21.1 Å². The Labute approximate surface area is 136 Å². The van der Waals surface area contributed by atoms with Gasteiger partial charge in [-0.1, -0.05) is 48.0 Å². The monoisotopic (exact) mass is 327 g/mol. The van der Waals surface area contributed by atoms with Crippen LogP contribution in [0.4, 0.5) is 0 Å². The van der Waals surface area contributed by atoms with E-state index in [2.05, 4.69) is 0 Å². The Bertz CT molecular complexity index is 839. The minimum absolute atomic E-state index is 0.279. The van der Waals surface area contributed by atoms with E-state index in [1.807, 2.05) is 0 Å². The van der Waals surface area contributed by atoms with Gasteiger partial charge in [-0.15, -0.1) is 0 Å². The number of Topliss-reactive ketones (excluding diaryl/α,β-unsaturated/α-hetero) is 2. The molecule has 0 aliphatic heterocycles. The molecule has 4 rings (SSSR count). The van der Waals surface area contributed by atoms with Crippen molar-refractivity contribution in [2.45, 2.75) is 12.0 Å². The highest BCUT2D eigenvalue weighted by atomic mass is 35.5. The lowest BCUT2D eigenvalue weighted by Crippen LogP contribution is -2.25. The molecule has 0 bridgehead atoms. The van der Waals surface area contributed by atoms with Crippen LogP contribution in [0, 0.1) is 15.5 Å². The van der Waals surface area contributed by atoms with Crippen molar-refractivity contribution in [2.75, 3.05) is 0 Å². The van der Waals surface area contributed by atoms with Crippen LogP contribution in [0.1, 0.15) is 32.2 Å². The topological polar surface area (TPSA) is 77.3 Å². The summed E-state index contributed by atoms with van der Waals surface area (Å²) in [5.41, 5.74) is -0.451. The Morgan fingerprint density at radius 1 is 0.957 bits per heavy atom. The lowest BCUT2D eigenvalue weighted by atomic mass is 9.93. The van der Waals surface area contributed by atoms with Crippen LogP contribution in [0.15, 0.2) is 48.5 Å². The predicted octanol–water partition coefficient (Wildman–Crippen LogP) is 3.15. The van der Waals surface area contributed by atoms with Crippen LogP contribution in [-0.4, -0.2) is 22.5 Å². The minimum atomic E-state index is -1.60. The molecule has 0 amide bonds. The number of hydrogen-bond donors (Lipinski definition) is 0. The van der Waals surface area contributed by atoms with E-state index in [4.69, 9.17) is 11.6 Å². The lowest BCUT2D eigenvalue weighted by molar-refractivity contribution is -0.500. The molecule has 0 aromatic heterocycles. The number of rotatable bonds is 2. The smallest absolute Gasteiger partial charge is 0.242 e. The van der Waals surface area contributed by atoms with Crippen LogP contribution >= 0.6 is 11.6 Å². The van der Waals surface area contributed by atoms with Crippen molar-refractivity contribution >= 4 is 23.2 Å². The van der Waals surface area contributed by atoms with Crippen molar-refractivity contribution in [2.24, 2.45) is 5.41 Å². The zero-order chi connectivity index (χ0) is 16.4. The quantitative estimate of drug-likeness (QED) is 0.482. The second-order valence-corrected chi connectivity index (χ2v) is 6.27. The standard InChI is InChI=1S/C17H10ClNO4/c18-10-7-5-9(6-8-10)13-14(19(22)23)17(13)15(20)11-3-1-2-4-12(11)16(17)21/h1-8,13-14H/t13-,14-/m0/s1. The van der Waals surface area contributed by atoms with Crippen molar-refractivity contribution < 1.29 is 14.5 Å². The van der Waals surface area contributed by atoms with Gasteiger partial charge in [0.1, 0.15) is 0 Å². The normalized spacial score (nSPS) is 23.9. The number of halogens is 1. The van der Waals surface area contributed by atoms with Crippen LogP contribution in [0.3, 0.4) is 0 Å².